The highest BCUT2D eigenvalue weighted by molar-refractivity contribution is 7.18. The van der Waals surface area contributed by atoms with E-state index in [-0.39, 0.29) is 11.3 Å². The highest BCUT2D eigenvalue weighted by atomic mass is 32.1. The van der Waals surface area contributed by atoms with Crippen LogP contribution in [0.3, 0.4) is 0 Å². The van der Waals surface area contributed by atoms with E-state index in [0.29, 0.717) is 11.0 Å². The van der Waals surface area contributed by atoms with Gasteiger partial charge in [-0.1, -0.05) is 38.0 Å². The summed E-state index contributed by atoms with van der Waals surface area (Å²) in [4.78, 5) is 14.1. The maximum atomic E-state index is 12.9. The lowest BCUT2D eigenvalue weighted by atomic mass is 9.70. The third-order valence-electron chi connectivity index (χ3n) is 5.44. The smallest absolute Gasteiger partial charge is 0.191 e. The average Bonchev–Trinajstić information content (AvgIpc) is 2.61. The van der Waals surface area contributed by atoms with Crippen molar-refractivity contribution in [1.82, 2.24) is 0 Å². The highest BCUT2D eigenvalue weighted by Gasteiger charge is 2.33. The second kappa shape index (κ2) is 6.43. The molecule has 0 atom stereocenters. The van der Waals surface area contributed by atoms with Crippen LogP contribution in [0.15, 0.2) is 33.3 Å². The Balaban J connectivity index is 2.14. The molecule has 5 nitrogen and oxygen atoms in total. The first-order valence-electron chi connectivity index (χ1n) is 8.32. The zero-order valence-corrected chi connectivity index (χ0v) is 14.9. The van der Waals surface area contributed by atoms with Gasteiger partial charge >= 0.3 is 0 Å². The second-order valence-electron chi connectivity index (χ2n) is 6.49. The van der Waals surface area contributed by atoms with Crippen molar-refractivity contribution >= 4 is 27.3 Å². The minimum atomic E-state index is 0.00762. The summed E-state index contributed by atoms with van der Waals surface area (Å²) < 4.78 is 0.913. The topological polar surface area (TPSA) is 91.7 Å². The molecular formula is C18H22N4OS. The van der Waals surface area contributed by atoms with Crippen molar-refractivity contribution in [2.75, 3.05) is 0 Å². The van der Waals surface area contributed by atoms with Gasteiger partial charge in [-0.25, -0.2) is 0 Å². The molecule has 126 valence electrons. The molecule has 0 bridgehead atoms. The fraction of sp³-hybridized carbons (Fsp3) is 0.444. The van der Waals surface area contributed by atoms with E-state index in [1.807, 2.05) is 6.07 Å². The fourth-order valence-electron chi connectivity index (χ4n) is 3.61. The van der Waals surface area contributed by atoms with Gasteiger partial charge in [0.15, 0.2) is 11.3 Å². The highest BCUT2D eigenvalue weighted by Crippen LogP contribution is 2.42. The number of nitrogens with zero attached hydrogens (tertiary/aromatic N) is 2. The Labute approximate surface area is 145 Å². The van der Waals surface area contributed by atoms with Gasteiger partial charge in [0.25, 0.3) is 0 Å². The van der Waals surface area contributed by atoms with Crippen molar-refractivity contribution in [1.29, 1.82) is 5.41 Å². The summed E-state index contributed by atoms with van der Waals surface area (Å²) in [6.07, 6.45) is 5.24. The third-order valence-corrected chi connectivity index (χ3v) is 6.64. The molecule has 1 aliphatic rings. The Bertz CT molecular complexity index is 880. The first-order chi connectivity index (χ1) is 11.5. The van der Waals surface area contributed by atoms with Gasteiger partial charge in [0, 0.05) is 26.1 Å². The number of fused-ring (bicyclic) bond motifs is 2. The van der Waals surface area contributed by atoms with E-state index in [4.69, 9.17) is 11.3 Å². The normalized spacial score (nSPS) is 16.4. The zero-order chi connectivity index (χ0) is 17.3. The molecule has 0 aliphatic heterocycles. The Hall–Kier alpha value is -2.08. The van der Waals surface area contributed by atoms with Gasteiger partial charge in [-0.3, -0.25) is 10.2 Å². The molecule has 0 unspecified atom stereocenters. The van der Waals surface area contributed by atoms with Crippen molar-refractivity contribution in [3.63, 3.8) is 0 Å². The van der Waals surface area contributed by atoms with Crippen LogP contribution in [0, 0.1) is 10.8 Å². The first kappa shape index (κ1) is 16.8. The standard InChI is InChI=1S/C18H22N4OS/c1-3-18(4-2)8-7-13-15(10-18)24-14-9-11(17(19)21-22-20)5-6-12(14)16(13)23/h5-6,9H,3-4,7-8,10H2,1-2H3,(H3,19,20,21). The summed E-state index contributed by atoms with van der Waals surface area (Å²) in [5, 5.41) is 15.3. The van der Waals surface area contributed by atoms with Gasteiger partial charge in [0.1, 0.15) is 0 Å². The molecule has 3 rings (SSSR count). The molecule has 0 saturated heterocycles. The van der Waals surface area contributed by atoms with Crippen LogP contribution in [-0.2, 0) is 12.8 Å². The van der Waals surface area contributed by atoms with Crippen LogP contribution in [0.5, 0.6) is 0 Å². The monoisotopic (exact) mass is 342 g/mol. The zero-order valence-electron chi connectivity index (χ0n) is 14.1. The number of hydrogen-bond donors (Lipinski definition) is 2. The molecule has 1 aliphatic carbocycles. The quantitative estimate of drug-likeness (QED) is 0.287. The van der Waals surface area contributed by atoms with Crippen LogP contribution < -0.4 is 11.3 Å². The third kappa shape index (κ3) is 2.75. The summed E-state index contributed by atoms with van der Waals surface area (Å²) in [7, 11) is 0. The van der Waals surface area contributed by atoms with E-state index < -0.39 is 0 Å². The second-order valence-corrected chi connectivity index (χ2v) is 7.63. The van der Waals surface area contributed by atoms with Crippen molar-refractivity contribution in [2.24, 2.45) is 21.6 Å². The van der Waals surface area contributed by atoms with Crippen molar-refractivity contribution in [3.8, 4) is 0 Å². The summed E-state index contributed by atoms with van der Waals surface area (Å²) in [5.41, 5.74) is 2.09. The Kier molecular flexibility index (Phi) is 4.49. The van der Waals surface area contributed by atoms with E-state index in [1.165, 1.54) is 4.88 Å². The summed E-state index contributed by atoms with van der Waals surface area (Å²) in [5.74, 6) is 5.03. The number of amidine groups is 1. The predicted molar refractivity (Wildman–Crippen MR) is 99.0 cm³/mol. The Morgan fingerprint density at radius 1 is 1.38 bits per heavy atom. The largest absolute Gasteiger partial charge is 0.305 e. The van der Waals surface area contributed by atoms with Crippen molar-refractivity contribution in [3.05, 3.63) is 44.4 Å². The van der Waals surface area contributed by atoms with Gasteiger partial charge in [-0.2, -0.15) is 0 Å². The molecule has 1 heterocycles. The van der Waals surface area contributed by atoms with E-state index in [1.54, 1.807) is 23.5 Å². The number of rotatable bonds is 3. The van der Waals surface area contributed by atoms with E-state index in [2.05, 4.69) is 24.2 Å². The van der Waals surface area contributed by atoms with Gasteiger partial charge < -0.3 is 5.84 Å². The lowest BCUT2D eigenvalue weighted by Crippen LogP contribution is -2.30. The number of nitrogens with two attached hydrogens (primary N) is 1. The minimum absolute atomic E-state index is 0.00762. The number of benzene rings is 1. The molecule has 0 spiro atoms. The van der Waals surface area contributed by atoms with Crippen LogP contribution in [0.2, 0.25) is 0 Å². The summed E-state index contributed by atoms with van der Waals surface area (Å²) >= 11 is 1.69. The number of hydrogen-bond acceptors (Lipinski definition) is 4. The molecule has 1 aromatic heterocycles. The molecule has 0 radical (unpaired) electrons. The molecule has 24 heavy (non-hydrogen) atoms. The van der Waals surface area contributed by atoms with Gasteiger partial charge in [0.05, 0.1) is 0 Å². The summed E-state index contributed by atoms with van der Waals surface area (Å²) in [6, 6.07) is 5.39. The van der Waals surface area contributed by atoms with Crippen molar-refractivity contribution in [2.45, 2.75) is 46.0 Å². The molecule has 0 fully saturated rings. The van der Waals surface area contributed by atoms with E-state index in [0.717, 1.165) is 47.8 Å². The van der Waals surface area contributed by atoms with E-state index in [9.17, 15) is 4.79 Å². The van der Waals surface area contributed by atoms with Crippen LogP contribution in [0.4, 0.5) is 0 Å². The lowest BCUT2D eigenvalue weighted by Gasteiger charge is -2.36. The maximum absolute atomic E-state index is 12.9. The van der Waals surface area contributed by atoms with Gasteiger partial charge in [-0.15, -0.1) is 16.5 Å². The molecular weight excluding hydrogens is 320 g/mol. The van der Waals surface area contributed by atoms with Crippen LogP contribution in [0.25, 0.3) is 10.1 Å². The van der Waals surface area contributed by atoms with Gasteiger partial charge in [0.2, 0.25) is 0 Å². The fourth-order valence-corrected chi connectivity index (χ4v) is 5.03. The SMILES string of the molecule is CCC1(CC)CCc2c(sc3cc(C(=N)N=NN)ccc3c2=O)C1. The molecule has 1 aromatic carbocycles. The molecule has 6 heteroatoms. The first-order valence-corrected chi connectivity index (χ1v) is 9.13. The summed E-state index contributed by atoms with van der Waals surface area (Å²) in [6.45, 7) is 4.49. The van der Waals surface area contributed by atoms with Crippen molar-refractivity contribution < 1.29 is 0 Å². The van der Waals surface area contributed by atoms with Gasteiger partial charge in [-0.05, 0) is 36.8 Å². The molecule has 0 saturated carbocycles. The average molecular weight is 342 g/mol. The number of nitrogens with one attached hydrogen (secondary N) is 1. The van der Waals surface area contributed by atoms with Crippen LogP contribution >= 0.6 is 11.3 Å². The minimum Gasteiger partial charge on any atom is -0.305 e. The Morgan fingerprint density at radius 3 is 2.79 bits per heavy atom. The predicted octanol–water partition coefficient (Wildman–Crippen LogP) is 4.21. The Morgan fingerprint density at radius 2 is 2.12 bits per heavy atom. The lowest BCUT2D eigenvalue weighted by molar-refractivity contribution is 0.226. The maximum Gasteiger partial charge on any atom is 0.191 e. The molecule has 3 N–H and O–H groups in total. The van der Waals surface area contributed by atoms with Crippen LogP contribution in [-0.4, -0.2) is 5.84 Å². The molecule has 0 amide bonds. The van der Waals surface area contributed by atoms with Crippen LogP contribution in [0.1, 0.15) is 49.1 Å². The van der Waals surface area contributed by atoms with E-state index >= 15 is 0 Å². The molecule has 2 aromatic rings.